The lowest BCUT2D eigenvalue weighted by Crippen LogP contribution is -2.43. The molecule has 0 aromatic heterocycles. The summed E-state index contributed by atoms with van der Waals surface area (Å²) in [5, 5.41) is 9.65. The number of methoxy groups -OCH3 is 1. The van der Waals surface area contributed by atoms with Crippen LogP contribution < -0.4 is 4.74 Å². The van der Waals surface area contributed by atoms with Gasteiger partial charge in [-0.15, -0.1) is 0 Å². The predicted molar refractivity (Wildman–Crippen MR) is 167 cm³/mol. The van der Waals surface area contributed by atoms with E-state index < -0.39 is 16.3 Å². The van der Waals surface area contributed by atoms with Gasteiger partial charge in [-0.25, -0.2) is 8.42 Å². The van der Waals surface area contributed by atoms with Crippen LogP contribution in [-0.2, 0) is 35.4 Å². The number of amides is 1. The van der Waals surface area contributed by atoms with Crippen LogP contribution in [0.1, 0.15) is 29.0 Å². The molecule has 1 aliphatic carbocycles. The maximum absolute atomic E-state index is 13.6. The molecule has 0 spiro atoms. The number of aliphatic hydroxyl groups excluding tert-OH is 1. The number of hydrogen-bond donors (Lipinski definition) is 1. The van der Waals surface area contributed by atoms with E-state index in [1.807, 2.05) is 12.1 Å². The number of fused-ring (bicyclic) bond motifs is 3. The molecule has 1 amide bonds. The SMILES string of the molecule is COc1ccc(S(=O)(=O)N(CCO)CCO[C@@H]2C[C@H](c3cccc4c3Cc3ccccc3-4)C=C(C(=O)N3CCOCC3)O2)cc1. The number of sulfonamides is 1. The van der Waals surface area contributed by atoms with E-state index in [1.54, 1.807) is 17.0 Å². The van der Waals surface area contributed by atoms with E-state index >= 15 is 0 Å². The van der Waals surface area contributed by atoms with E-state index in [2.05, 4.69) is 36.4 Å². The maximum atomic E-state index is 13.6. The standard InChI is InChI=1S/C34H38N2O8S/c1-41-26-9-11-27(12-10-26)45(39,40)36(13-17-37)16-20-43-33-23-25(22-32(44-33)34(38)35-14-18-42-19-15-35)29-7-4-8-30-28-6-3-2-5-24(28)21-31(29)30/h2-12,22,25,33,37H,13-21,23H2,1H3/t25-,33+/m1/s1. The molecule has 3 aromatic carbocycles. The normalized spacial score (nSPS) is 19.4. The van der Waals surface area contributed by atoms with Gasteiger partial charge >= 0.3 is 0 Å². The second kappa shape index (κ2) is 13.7. The highest BCUT2D eigenvalue weighted by Crippen LogP contribution is 2.43. The van der Waals surface area contributed by atoms with Crippen LogP contribution >= 0.6 is 0 Å². The van der Waals surface area contributed by atoms with Gasteiger partial charge in [0.2, 0.25) is 16.3 Å². The zero-order valence-electron chi connectivity index (χ0n) is 25.3. The van der Waals surface area contributed by atoms with Gasteiger partial charge in [-0.2, -0.15) is 4.31 Å². The number of morpholine rings is 1. The van der Waals surface area contributed by atoms with Gasteiger partial charge in [-0.3, -0.25) is 4.79 Å². The van der Waals surface area contributed by atoms with Crippen molar-refractivity contribution >= 4 is 15.9 Å². The van der Waals surface area contributed by atoms with Gasteiger partial charge in [0.25, 0.3) is 5.91 Å². The molecule has 1 saturated heterocycles. The summed E-state index contributed by atoms with van der Waals surface area (Å²) in [6.45, 7) is 1.45. The summed E-state index contributed by atoms with van der Waals surface area (Å²) in [5.41, 5.74) is 6.06. The van der Waals surface area contributed by atoms with Crippen molar-refractivity contribution < 1.29 is 37.3 Å². The smallest absolute Gasteiger partial charge is 0.288 e. The van der Waals surface area contributed by atoms with Crippen LogP contribution in [0.5, 0.6) is 5.75 Å². The van der Waals surface area contributed by atoms with Crippen LogP contribution in [0.4, 0.5) is 0 Å². The molecule has 3 aliphatic rings. The van der Waals surface area contributed by atoms with Crippen LogP contribution in [0, 0.1) is 0 Å². The molecule has 3 aromatic rings. The third-order valence-electron chi connectivity index (χ3n) is 8.54. The Hall–Kier alpha value is -3.74. The second-order valence-electron chi connectivity index (χ2n) is 11.2. The predicted octanol–water partition coefficient (Wildman–Crippen LogP) is 3.54. The molecular weight excluding hydrogens is 596 g/mol. The Kier molecular flexibility index (Phi) is 9.53. The molecule has 2 atom stereocenters. The average Bonchev–Trinajstić information content (AvgIpc) is 3.47. The van der Waals surface area contributed by atoms with Crippen molar-refractivity contribution in [2.45, 2.75) is 29.9 Å². The highest BCUT2D eigenvalue weighted by atomic mass is 32.2. The highest BCUT2D eigenvalue weighted by Gasteiger charge is 2.34. The fraction of sp³-hybridized carbons (Fsp3) is 0.382. The molecular formula is C34H38N2O8S. The maximum Gasteiger partial charge on any atom is 0.288 e. The molecule has 2 aliphatic heterocycles. The second-order valence-corrected chi connectivity index (χ2v) is 13.1. The van der Waals surface area contributed by atoms with E-state index in [9.17, 15) is 18.3 Å². The summed E-state index contributed by atoms with van der Waals surface area (Å²) in [7, 11) is -2.39. The Labute approximate surface area is 263 Å². The van der Waals surface area contributed by atoms with Gasteiger partial charge in [0, 0.05) is 38.5 Å². The number of hydrogen-bond acceptors (Lipinski definition) is 8. The van der Waals surface area contributed by atoms with Crippen LogP contribution in [0.25, 0.3) is 11.1 Å². The van der Waals surface area contributed by atoms with E-state index in [0.29, 0.717) is 38.5 Å². The topological polar surface area (TPSA) is 115 Å². The van der Waals surface area contributed by atoms with Gasteiger partial charge in [0.15, 0.2) is 5.76 Å². The third-order valence-corrected chi connectivity index (χ3v) is 10.5. The number of carbonyl (C=O) groups is 1. The molecule has 45 heavy (non-hydrogen) atoms. The van der Waals surface area contributed by atoms with Crippen LogP contribution in [0.15, 0.2) is 83.5 Å². The molecule has 2 heterocycles. The Bertz CT molecular complexity index is 1650. The number of aliphatic hydroxyl groups is 1. The molecule has 238 valence electrons. The van der Waals surface area contributed by atoms with Crippen molar-refractivity contribution in [2.24, 2.45) is 0 Å². The molecule has 10 nitrogen and oxygen atoms in total. The summed E-state index contributed by atoms with van der Waals surface area (Å²) < 4.78 is 50.8. The molecule has 0 saturated carbocycles. The van der Waals surface area contributed by atoms with Crippen molar-refractivity contribution in [1.82, 2.24) is 9.21 Å². The van der Waals surface area contributed by atoms with E-state index in [0.717, 1.165) is 12.0 Å². The third kappa shape index (κ3) is 6.63. The van der Waals surface area contributed by atoms with Crippen molar-refractivity contribution in [3.05, 3.63) is 95.3 Å². The first-order valence-electron chi connectivity index (χ1n) is 15.2. The number of rotatable bonds is 11. The summed E-state index contributed by atoms with van der Waals surface area (Å²) in [4.78, 5) is 15.4. The molecule has 6 rings (SSSR count). The van der Waals surface area contributed by atoms with Crippen molar-refractivity contribution in [3.8, 4) is 16.9 Å². The lowest BCUT2D eigenvalue weighted by atomic mass is 9.87. The van der Waals surface area contributed by atoms with Crippen LogP contribution in [0.2, 0.25) is 0 Å². The minimum absolute atomic E-state index is 0.00410. The Balaban J connectivity index is 1.22. The highest BCUT2D eigenvalue weighted by molar-refractivity contribution is 7.89. The number of carbonyl (C=O) groups excluding carboxylic acids is 1. The van der Waals surface area contributed by atoms with E-state index in [4.69, 9.17) is 18.9 Å². The number of allylic oxidation sites excluding steroid dienone is 1. The minimum Gasteiger partial charge on any atom is -0.497 e. The lowest BCUT2D eigenvalue weighted by molar-refractivity contribution is -0.155. The summed E-state index contributed by atoms with van der Waals surface area (Å²) in [6.07, 6.45) is 2.39. The number of ether oxygens (including phenoxy) is 4. The summed E-state index contributed by atoms with van der Waals surface area (Å²) in [5.74, 6) is 0.406. The lowest BCUT2D eigenvalue weighted by Gasteiger charge is -2.33. The molecule has 0 bridgehead atoms. The quantitative estimate of drug-likeness (QED) is 0.267. The molecule has 1 fully saturated rings. The van der Waals surface area contributed by atoms with Crippen LogP contribution in [0.3, 0.4) is 0 Å². The van der Waals surface area contributed by atoms with Gasteiger partial charge in [0.1, 0.15) is 5.75 Å². The Morgan fingerprint density at radius 1 is 1.00 bits per heavy atom. The first-order chi connectivity index (χ1) is 21.9. The van der Waals surface area contributed by atoms with Crippen molar-refractivity contribution in [2.75, 3.05) is 59.7 Å². The molecule has 11 heteroatoms. The van der Waals surface area contributed by atoms with Crippen LogP contribution in [-0.4, -0.2) is 94.6 Å². The molecule has 0 radical (unpaired) electrons. The molecule has 1 N–H and O–H groups in total. The van der Waals surface area contributed by atoms with Gasteiger partial charge in [-0.1, -0.05) is 42.5 Å². The Morgan fingerprint density at radius 2 is 1.76 bits per heavy atom. The average molecular weight is 635 g/mol. The van der Waals surface area contributed by atoms with E-state index in [-0.39, 0.29) is 48.8 Å². The fourth-order valence-corrected chi connectivity index (χ4v) is 7.64. The first kappa shape index (κ1) is 31.3. The number of nitrogens with zero attached hydrogens (tertiary/aromatic N) is 2. The monoisotopic (exact) mass is 634 g/mol. The van der Waals surface area contributed by atoms with Crippen molar-refractivity contribution in [3.63, 3.8) is 0 Å². The van der Waals surface area contributed by atoms with E-state index in [1.165, 1.54) is 45.8 Å². The van der Waals surface area contributed by atoms with Gasteiger partial charge in [0.05, 0.1) is 38.4 Å². The minimum atomic E-state index is -3.90. The first-order valence-corrected chi connectivity index (χ1v) is 16.6. The zero-order valence-corrected chi connectivity index (χ0v) is 26.1. The fourth-order valence-electron chi connectivity index (χ4n) is 6.23. The summed E-state index contributed by atoms with van der Waals surface area (Å²) in [6, 6.07) is 20.8. The Morgan fingerprint density at radius 3 is 2.51 bits per heavy atom. The zero-order chi connectivity index (χ0) is 31.4. The van der Waals surface area contributed by atoms with Crippen molar-refractivity contribution in [1.29, 1.82) is 0 Å². The largest absolute Gasteiger partial charge is 0.497 e. The van der Waals surface area contributed by atoms with Gasteiger partial charge in [-0.05, 0) is 64.6 Å². The number of benzene rings is 3. The van der Waals surface area contributed by atoms with Gasteiger partial charge < -0.3 is 29.0 Å². The summed E-state index contributed by atoms with van der Waals surface area (Å²) >= 11 is 0. The molecule has 0 unspecified atom stereocenters.